The fourth-order valence-electron chi connectivity index (χ4n) is 3.50. The number of rotatable bonds is 5. The molecule has 0 amide bonds. The Labute approximate surface area is 174 Å². The van der Waals surface area contributed by atoms with Crippen LogP contribution in [0.15, 0.2) is 66.7 Å². The van der Waals surface area contributed by atoms with Crippen molar-refractivity contribution in [1.29, 1.82) is 5.41 Å². The molecular formula is C23H21Cl2N3. The lowest BCUT2D eigenvalue weighted by atomic mass is 10.1. The van der Waals surface area contributed by atoms with Gasteiger partial charge in [0.15, 0.2) is 0 Å². The first-order valence-corrected chi connectivity index (χ1v) is 10.0. The van der Waals surface area contributed by atoms with Crippen molar-refractivity contribution in [3.05, 3.63) is 99.1 Å². The first-order valence-electron chi connectivity index (χ1n) is 9.25. The number of halogens is 2. The van der Waals surface area contributed by atoms with E-state index in [1.54, 1.807) is 6.07 Å². The Balaban J connectivity index is 1.69. The minimum Gasteiger partial charge on any atom is -0.310 e. The van der Waals surface area contributed by atoms with E-state index in [-0.39, 0.29) is 0 Å². The molecule has 0 aliphatic rings. The fourth-order valence-corrected chi connectivity index (χ4v) is 3.82. The molecule has 28 heavy (non-hydrogen) atoms. The highest BCUT2D eigenvalue weighted by Gasteiger charge is 2.11. The number of benzene rings is 3. The van der Waals surface area contributed by atoms with Crippen molar-refractivity contribution in [2.75, 3.05) is 0 Å². The summed E-state index contributed by atoms with van der Waals surface area (Å²) in [6.45, 7) is 3.43. The van der Waals surface area contributed by atoms with Crippen LogP contribution in [0.4, 0.5) is 0 Å². The van der Waals surface area contributed by atoms with E-state index in [9.17, 15) is 0 Å². The number of hydrogen-bond acceptors (Lipinski definition) is 1. The molecule has 0 aliphatic heterocycles. The molecule has 1 N–H and O–H groups in total. The highest BCUT2D eigenvalue weighted by molar-refractivity contribution is 6.42. The maximum Gasteiger partial charge on any atom is 0.203 e. The number of aryl methyl sites for hydroxylation is 3. The molecule has 4 aromatic rings. The maximum absolute atomic E-state index is 8.79. The molecule has 0 saturated carbocycles. The first-order chi connectivity index (χ1) is 13.5. The summed E-state index contributed by atoms with van der Waals surface area (Å²) < 4.78 is 4.09. The van der Waals surface area contributed by atoms with Crippen LogP contribution in [0.5, 0.6) is 0 Å². The molecule has 142 valence electrons. The maximum atomic E-state index is 8.79. The smallest absolute Gasteiger partial charge is 0.203 e. The Morgan fingerprint density at radius 3 is 2.11 bits per heavy atom. The molecule has 5 heteroatoms. The van der Waals surface area contributed by atoms with Gasteiger partial charge in [0, 0.05) is 6.54 Å². The average molecular weight is 410 g/mol. The van der Waals surface area contributed by atoms with Crippen molar-refractivity contribution in [2.45, 2.75) is 26.4 Å². The number of hydrogen-bond donors (Lipinski definition) is 1. The van der Waals surface area contributed by atoms with Crippen LogP contribution in [0.25, 0.3) is 11.0 Å². The SMILES string of the molecule is Cc1ccc(CCn2c(=N)n(Cc3ccc(Cl)c(Cl)c3)c3ccccc32)cc1. The van der Waals surface area contributed by atoms with Crippen LogP contribution >= 0.6 is 23.2 Å². The molecule has 0 spiro atoms. The van der Waals surface area contributed by atoms with Crippen LogP contribution in [0.1, 0.15) is 16.7 Å². The van der Waals surface area contributed by atoms with Gasteiger partial charge in [-0.1, -0.05) is 71.2 Å². The van der Waals surface area contributed by atoms with Gasteiger partial charge >= 0.3 is 0 Å². The molecule has 1 aromatic heterocycles. The van der Waals surface area contributed by atoms with Crippen LogP contribution in [0.2, 0.25) is 10.0 Å². The average Bonchev–Trinajstić information content (AvgIpc) is 2.96. The lowest BCUT2D eigenvalue weighted by Crippen LogP contribution is -2.25. The normalized spacial score (nSPS) is 11.2. The number of imidazole rings is 1. The van der Waals surface area contributed by atoms with Gasteiger partial charge in [-0.2, -0.15) is 0 Å². The van der Waals surface area contributed by atoms with Gasteiger partial charge in [0.1, 0.15) is 0 Å². The van der Waals surface area contributed by atoms with Gasteiger partial charge < -0.3 is 9.13 Å². The molecular weight excluding hydrogens is 389 g/mol. The minimum atomic E-state index is 0.486. The van der Waals surface area contributed by atoms with Gasteiger partial charge in [0.05, 0.1) is 27.6 Å². The highest BCUT2D eigenvalue weighted by Crippen LogP contribution is 2.23. The van der Waals surface area contributed by atoms with Crippen LogP contribution < -0.4 is 5.62 Å². The van der Waals surface area contributed by atoms with Gasteiger partial charge in [0.2, 0.25) is 5.62 Å². The fraction of sp³-hybridized carbons (Fsp3) is 0.174. The third kappa shape index (κ3) is 3.73. The predicted molar refractivity (Wildman–Crippen MR) is 116 cm³/mol. The second kappa shape index (κ2) is 7.86. The molecule has 0 aliphatic carbocycles. The summed E-state index contributed by atoms with van der Waals surface area (Å²) in [4.78, 5) is 0. The van der Waals surface area contributed by atoms with Gasteiger partial charge in [0.25, 0.3) is 0 Å². The molecule has 0 radical (unpaired) electrons. The summed E-state index contributed by atoms with van der Waals surface area (Å²) in [6.07, 6.45) is 0.887. The quantitative estimate of drug-likeness (QED) is 0.430. The zero-order valence-electron chi connectivity index (χ0n) is 15.6. The molecule has 0 atom stereocenters. The van der Waals surface area contributed by atoms with Crippen LogP contribution in [-0.4, -0.2) is 9.13 Å². The molecule has 0 unspecified atom stereocenters. The summed E-state index contributed by atoms with van der Waals surface area (Å²) in [5, 5.41) is 9.87. The van der Waals surface area contributed by atoms with E-state index >= 15 is 0 Å². The van der Waals surface area contributed by atoms with E-state index in [2.05, 4.69) is 47.9 Å². The summed E-state index contributed by atoms with van der Waals surface area (Å²) in [5.74, 6) is 0. The summed E-state index contributed by atoms with van der Waals surface area (Å²) in [5.41, 5.74) is 6.16. The lowest BCUT2D eigenvalue weighted by molar-refractivity contribution is 0.621. The van der Waals surface area contributed by atoms with Crippen LogP contribution in [0.3, 0.4) is 0 Å². The summed E-state index contributed by atoms with van der Waals surface area (Å²) in [7, 11) is 0. The van der Waals surface area contributed by atoms with Crippen molar-refractivity contribution in [1.82, 2.24) is 9.13 Å². The van der Waals surface area contributed by atoms with Crippen molar-refractivity contribution >= 4 is 34.2 Å². The van der Waals surface area contributed by atoms with Crippen LogP contribution in [0, 0.1) is 12.3 Å². The largest absolute Gasteiger partial charge is 0.310 e. The molecule has 4 rings (SSSR count). The zero-order valence-corrected chi connectivity index (χ0v) is 17.1. The Hall–Kier alpha value is -2.49. The van der Waals surface area contributed by atoms with Crippen molar-refractivity contribution < 1.29 is 0 Å². The van der Waals surface area contributed by atoms with Crippen molar-refractivity contribution in [2.24, 2.45) is 0 Å². The van der Waals surface area contributed by atoms with Crippen molar-refractivity contribution in [3.8, 4) is 0 Å². The topological polar surface area (TPSA) is 33.7 Å². The zero-order chi connectivity index (χ0) is 19.7. The Morgan fingerprint density at radius 1 is 0.786 bits per heavy atom. The Kier molecular flexibility index (Phi) is 5.29. The number of nitrogens with zero attached hydrogens (tertiary/aromatic N) is 2. The van der Waals surface area contributed by atoms with E-state index in [1.807, 2.05) is 28.8 Å². The Morgan fingerprint density at radius 2 is 1.43 bits per heavy atom. The molecule has 1 heterocycles. The van der Waals surface area contributed by atoms with Gasteiger partial charge in [-0.25, -0.2) is 0 Å². The standard InChI is InChI=1S/C23H21Cl2N3/c1-16-6-8-17(9-7-16)12-13-27-21-4-2-3-5-22(21)28(23(27)26)15-18-10-11-19(24)20(25)14-18/h2-11,14,26H,12-13,15H2,1H3. The molecule has 0 fully saturated rings. The van der Waals surface area contributed by atoms with Gasteiger partial charge in [-0.05, 0) is 48.7 Å². The summed E-state index contributed by atoms with van der Waals surface area (Å²) >= 11 is 12.2. The molecule has 3 nitrogen and oxygen atoms in total. The number of para-hydroxylation sites is 2. The monoisotopic (exact) mass is 409 g/mol. The van der Waals surface area contributed by atoms with Crippen LogP contribution in [-0.2, 0) is 19.5 Å². The van der Waals surface area contributed by atoms with E-state index in [1.165, 1.54) is 11.1 Å². The highest BCUT2D eigenvalue weighted by atomic mass is 35.5. The second-order valence-corrected chi connectivity index (χ2v) is 7.85. The number of nitrogens with one attached hydrogen (secondary N) is 1. The number of aromatic nitrogens is 2. The van der Waals surface area contributed by atoms with Gasteiger partial charge in [-0.3, -0.25) is 5.41 Å². The third-order valence-corrected chi connectivity index (χ3v) is 5.78. The Bertz CT molecular complexity index is 1190. The first kappa shape index (κ1) is 18.9. The molecule has 3 aromatic carbocycles. The van der Waals surface area contributed by atoms with E-state index < -0.39 is 0 Å². The second-order valence-electron chi connectivity index (χ2n) is 7.03. The van der Waals surface area contributed by atoms with E-state index in [0.29, 0.717) is 22.2 Å². The number of fused-ring (bicyclic) bond motifs is 1. The predicted octanol–water partition coefficient (Wildman–Crippen LogP) is 5.83. The van der Waals surface area contributed by atoms with E-state index in [0.717, 1.165) is 29.6 Å². The van der Waals surface area contributed by atoms with E-state index in [4.69, 9.17) is 28.6 Å². The lowest BCUT2D eigenvalue weighted by Gasteiger charge is -2.07. The summed E-state index contributed by atoms with van der Waals surface area (Å²) in [6, 6.07) is 22.4. The third-order valence-electron chi connectivity index (χ3n) is 5.04. The van der Waals surface area contributed by atoms with Gasteiger partial charge in [-0.15, -0.1) is 0 Å². The van der Waals surface area contributed by atoms with Crippen molar-refractivity contribution in [3.63, 3.8) is 0 Å². The molecule has 0 bridgehead atoms. The minimum absolute atomic E-state index is 0.486. The molecule has 0 saturated heterocycles.